The molecule has 1 saturated heterocycles. The molecule has 1 atom stereocenters. The van der Waals surface area contributed by atoms with Gasteiger partial charge in [-0.2, -0.15) is 0 Å². The molecule has 158 valence electrons. The van der Waals surface area contributed by atoms with Crippen LogP contribution in [0.25, 0.3) is 11.2 Å². The van der Waals surface area contributed by atoms with E-state index in [-0.39, 0.29) is 28.7 Å². The molecule has 0 spiro atoms. The Hall–Kier alpha value is -3.10. The molecule has 1 aliphatic rings. The number of nitrogens with zero attached hydrogens (tertiary/aromatic N) is 5. The highest BCUT2D eigenvalue weighted by Gasteiger charge is 2.27. The molecule has 0 unspecified atom stereocenters. The van der Waals surface area contributed by atoms with E-state index in [9.17, 15) is 14.0 Å². The molecular weight excluding hydrogens is 387 g/mol. The fraction of sp³-hybridized carbons (Fsp3) is 0.476. The third-order valence-corrected chi connectivity index (χ3v) is 5.54. The van der Waals surface area contributed by atoms with Crippen LogP contribution in [0.4, 0.5) is 4.39 Å². The Morgan fingerprint density at radius 3 is 2.87 bits per heavy atom. The third kappa shape index (κ3) is 4.24. The first-order valence-corrected chi connectivity index (χ1v) is 10.4. The number of rotatable bonds is 6. The Morgan fingerprint density at radius 2 is 2.10 bits per heavy atom. The zero-order valence-corrected chi connectivity index (χ0v) is 17.0. The molecule has 0 bridgehead atoms. The number of nitrogens with one attached hydrogen (secondary N) is 1. The lowest BCUT2D eigenvalue weighted by atomic mass is 9.96. The molecule has 0 aliphatic carbocycles. The van der Waals surface area contributed by atoms with E-state index in [1.54, 1.807) is 16.8 Å². The molecule has 1 amide bonds. The van der Waals surface area contributed by atoms with Gasteiger partial charge in [0.1, 0.15) is 11.6 Å². The summed E-state index contributed by atoms with van der Waals surface area (Å²) in [7, 11) is 0. The standard InChI is InChI=1S/C21H25FN6O2/c1-2-3-6-17(29)27-11-4-5-15(13-27)19-23-20-18(21(30)24-19)25-26-28(20)12-14-7-9-16(22)10-8-14/h7-10,15H,2-6,11-13H2,1H3,(H,23,24,30)/t15-/m1/s1. The summed E-state index contributed by atoms with van der Waals surface area (Å²) in [6.45, 7) is 3.70. The second-order valence-electron chi connectivity index (χ2n) is 7.78. The fourth-order valence-electron chi connectivity index (χ4n) is 3.86. The summed E-state index contributed by atoms with van der Waals surface area (Å²) >= 11 is 0. The number of aromatic nitrogens is 5. The van der Waals surface area contributed by atoms with Gasteiger partial charge in [0.05, 0.1) is 6.54 Å². The highest BCUT2D eigenvalue weighted by molar-refractivity contribution is 5.76. The summed E-state index contributed by atoms with van der Waals surface area (Å²) in [5.41, 5.74) is 1.06. The van der Waals surface area contributed by atoms with Gasteiger partial charge in [-0.1, -0.05) is 30.7 Å². The molecule has 9 heteroatoms. The maximum Gasteiger partial charge on any atom is 0.281 e. The molecule has 3 heterocycles. The van der Waals surface area contributed by atoms with Crippen LogP contribution in [0.2, 0.25) is 0 Å². The second-order valence-corrected chi connectivity index (χ2v) is 7.78. The smallest absolute Gasteiger partial charge is 0.281 e. The van der Waals surface area contributed by atoms with E-state index in [1.807, 2.05) is 4.90 Å². The zero-order chi connectivity index (χ0) is 21.1. The maximum absolute atomic E-state index is 13.2. The van der Waals surface area contributed by atoms with Gasteiger partial charge in [-0.3, -0.25) is 9.59 Å². The number of hydrogen-bond acceptors (Lipinski definition) is 5. The number of unbranched alkanes of at least 4 members (excludes halogenated alkanes) is 1. The number of hydrogen-bond donors (Lipinski definition) is 1. The van der Waals surface area contributed by atoms with Crippen LogP contribution in [0, 0.1) is 5.82 Å². The van der Waals surface area contributed by atoms with E-state index in [0.29, 0.717) is 31.0 Å². The summed E-state index contributed by atoms with van der Waals surface area (Å²) in [6.07, 6.45) is 4.15. The van der Waals surface area contributed by atoms with Crippen molar-refractivity contribution in [1.82, 2.24) is 29.9 Å². The molecule has 1 fully saturated rings. The van der Waals surface area contributed by atoms with Crippen LogP contribution in [0.1, 0.15) is 56.3 Å². The second kappa shape index (κ2) is 8.73. The number of likely N-dealkylation sites (tertiary alicyclic amines) is 1. The molecule has 8 nitrogen and oxygen atoms in total. The third-order valence-electron chi connectivity index (χ3n) is 5.54. The van der Waals surface area contributed by atoms with Crippen molar-refractivity contribution in [2.45, 2.75) is 51.5 Å². The van der Waals surface area contributed by atoms with E-state index in [0.717, 1.165) is 37.8 Å². The van der Waals surface area contributed by atoms with Crippen molar-refractivity contribution in [3.63, 3.8) is 0 Å². The van der Waals surface area contributed by atoms with Crippen LogP contribution in [0.5, 0.6) is 0 Å². The molecule has 1 aliphatic heterocycles. The number of benzene rings is 1. The predicted octanol–water partition coefficient (Wildman–Crippen LogP) is 2.60. The van der Waals surface area contributed by atoms with Crippen molar-refractivity contribution in [1.29, 1.82) is 0 Å². The normalized spacial score (nSPS) is 16.9. The first-order chi connectivity index (χ1) is 14.5. The summed E-state index contributed by atoms with van der Waals surface area (Å²) < 4.78 is 14.7. The Labute approximate surface area is 173 Å². The predicted molar refractivity (Wildman–Crippen MR) is 110 cm³/mol. The van der Waals surface area contributed by atoms with Gasteiger partial charge in [0.25, 0.3) is 5.56 Å². The highest BCUT2D eigenvalue weighted by Crippen LogP contribution is 2.25. The molecule has 1 aromatic carbocycles. The summed E-state index contributed by atoms with van der Waals surface area (Å²) in [5.74, 6) is 0.376. The minimum absolute atomic E-state index is 0.0319. The van der Waals surface area contributed by atoms with Gasteiger partial charge >= 0.3 is 0 Å². The van der Waals surface area contributed by atoms with Crippen LogP contribution >= 0.6 is 0 Å². The lowest BCUT2D eigenvalue weighted by molar-refractivity contribution is -0.132. The number of H-pyrrole nitrogens is 1. The average molecular weight is 412 g/mol. The lowest BCUT2D eigenvalue weighted by Gasteiger charge is -2.32. The van der Waals surface area contributed by atoms with Crippen LogP contribution in [-0.4, -0.2) is 48.9 Å². The Balaban J connectivity index is 1.59. The Bertz CT molecular complexity index is 1090. The van der Waals surface area contributed by atoms with Gasteiger partial charge in [-0.05, 0) is 37.0 Å². The molecule has 0 radical (unpaired) electrons. The number of piperidine rings is 1. The molecule has 0 saturated carbocycles. The fourth-order valence-corrected chi connectivity index (χ4v) is 3.86. The van der Waals surface area contributed by atoms with Gasteiger partial charge in [-0.15, -0.1) is 5.10 Å². The Morgan fingerprint density at radius 1 is 1.30 bits per heavy atom. The van der Waals surface area contributed by atoms with Crippen LogP contribution in [0.15, 0.2) is 29.1 Å². The minimum Gasteiger partial charge on any atom is -0.342 e. The van der Waals surface area contributed by atoms with Gasteiger partial charge in [-0.25, -0.2) is 14.1 Å². The first kappa shape index (κ1) is 20.2. The number of aromatic amines is 1. The van der Waals surface area contributed by atoms with Crippen molar-refractivity contribution in [3.05, 3.63) is 51.8 Å². The van der Waals surface area contributed by atoms with E-state index < -0.39 is 0 Å². The highest BCUT2D eigenvalue weighted by atomic mass is 19.1. The van der Waals surface area contributed by atoms with Crippen LogP contribution < -0.4 is 5.56 Å². The largest absolute Gasteiger partial charge is 0.342 e. The van der Waals surface area contributed by atoms with E-state index in [2.05, 4.69) is 27.2 Å². The quantitative estimate of drug-likeness (QED) is 0.671. The average Bonchev–Trinajstić information content (AvgIpc) is 3.17. The lowest BCUT2D eigenvalue weighted by Crippen LogP contribution is -2.39. The molecule has 4 rings (SSSR count). The number of amides is 1. The Kier molecular flexibility index (Phi) is 5.87. The maximum atomic E-state index is 13.2. The van der Waals surface area contributed by atoms with Gasteiger partial charge < -0.3 is 9.88 Å². The van der Waals surface area contributed by atoms with Crippen LogP contribution in [0.3, 0.4) is 0 Å². The van der Waals surface area contributed by atoms with Crippen molar-refractivity contribution in [2.75, 3.05) is 13.1 Å². The number of carbonyl (C=O) groups excluding carboxylic acids is 1. The van der Waals surface area contributed by atoms with Gasteiger partial charge in [0.2, 0.25) is 5.91 Å². The van der Waals surface area contributed by atoms with Crippen molar-refractivity contribution in [2.24, 2.45) is 0 Å². The summed E-state index contributed by atoms with van der Waals surface area (Å²) in [5, 5.41) is 8.03. The molecule has 1 N–H and O–H groups in total. The number of carbonyl (C=O) groups is 1. The monoisotopic (exact) mass is 412 g/mol. The van der Waals surface area contributed by atoms with E-state index in [1.165, 1.54) is 12.1 Å². The SMILES string of the molecule is CCCCC(=O)N1CCC[C@@H](c2nc3c(nnn3Cc3ccc(F)cc3)c(=O)[nH]2)C1. The van der Waals surface area contributed by atoms with Crippen LogP contribution in [-0.2, 0) is 11.3 Å². The molecule has 2 aromatic heterocycles. The van der Waals surface area contributed by atoms with Crippen molar-refractivity contribution >= 4 is 17.1 Å². The molecular formula is C21H25FN6O2. The van der Waals surface area contributed by atoms with Gasteiger partial charge in [0, 0.05) is 25.4 Å². The zero-order valence-electron chi connectivity index (χ0n) is 17.0. The molecule has 3 aromatic rings. The topological polar surface area (TPSA) is 96.8 Å². The molecule has 30 heavy (non-hydrogen) atoms. The minimum atomic E-state index is -0.338. The van der Waals surface area contributed by atoms with Gasteiger partial charge in [0.15, 0.2) is 11.2 Å². The number of halogens is 1. The van der Waals surface area contributed by atoms with Crippen molar-refractivity contribution < 1.29 is 9.18 Å². The van der Waals surface area contributed by atoms with E-state index in [4.69, 9.17) is 0 Å². The van der Waals surface area contributed by atoms with Crippen molar-refractivity contribution in [3.8, 4) is 0 Å². The number of fused-ring (bicyclic) bond motifs is 1. The summed E-state index contributed by atoms with van der Waals surface area (Å²) in [6, 6.07) is 6.09. The first-order valence-electron chi connectivity index (χ1n) is 10.4. The van der Waals surface area contributed by atoms with E-state index >= 15 is 0 Å². The summed E-state index contributed by atoms with van der Waals surface area (Å²) in [4.78, 5) is 34.4.